The van der Waals surface area contributed by atoms with Crippen molar-refractivity contribution in [2.24, 2.45) is 5.41 Å². The fourth-order valence-electron chi connectivity index (χ4n) is 3.73. The first-order valence-corrected chi connectivity index (χ1v) is 11.7. The van der Waals surface area contributed by atoms with Crippen LogP contribution in [-0.4, -0.2) is 82.7 Å². The molecule has 2 aliphatic heterocycles. The van der Waals surface area contributed by atoms with Gasteiger partial charge in [0.05, 0.1) is 0 Å². The van der Waals surface area contributed by atoms with E-state index in [4.69, 9.17) is 0 Å². The number of nitrogens with one attached hydrogen (secondary N) is 1. The van der Waals surface area contributed by atoms with Gasteiger partial charge in [-0.25, -0.2) is 0 Å². The number of hydrogen-bond donors (Lipinski definition) is 4. The largest absolute Gasteiger partial charge is 0.508 e. The first kappa shape index (κ1) is 22.9. The molecule has 33 heavy (non-hydrogen) atoms. The van der Waals surface area contributed by atoms with Crippen LogP contribution < -0.4 is 10.5 Å². The number of phenolic OH excluding ortho intramolecular Hbond substituents is 1. The number of aromatic amines is 1. The molecule has 1 aromatic heterocycles. The van der Waals surface area contributed by atoms with Gasteiger partial charge >= 0.3 is 11.5 Å². The quantitative estimate of drug-likeness (QED) is 0.316. The van der Waals surface area contributed by atoms with Crippen molar-refractivity contribution >= 4 is 47.0 Å². The number of carbonyl (C=O) groups is 3. The predicted molar refractivity (Wildman–Crippen MR) is 118 cm³/mol. The number of β-lactam (4-membered cyclic amide) rings is 1. The summed E-state index contributed by atoms with van der Waals surface area (Å²) >= 11 is 2.22. The summed E-state index contributed by atoms with van der Waals surface area (Å²) in [6, 6.07) is 5.14. The van der Waals surface area contributed by atoms with E-state index in [0.717, 1.165) is 11.8 Å². The molecule has 2 fully saturated rings. The van der Waals surface area contributed by atoms with E-state index in [2.05, 4.69) is 15.2 Å². The number of nitrogens with zero attached hydrogens (tertiary/aromatic N) is 4. The van der Waals surface area contributed by atoms with Gasteiger partial charge in [-0.2, -0.15) is 0 Å². The monoisotopic (exact) mass is 493 g/mol. The normalized spacial score (nSPS) is 24.0. The number of aromatic hydroxyl groups is 2. The molecule has 0 spiro atoms. The van der Waals surface area contributed by atoms with Gasteiger partial charge in [0, 0.05) is 30.7 Å². The zero-order chi connectivity index (χ0) is 23.9. The number of amides is 2. The average molecular weight is 494 g/mol. The summed E-state index contributed by atoms with van der Waals surface area (Å²) in [6.45, 7) is 1.27. The van der Waals surface area contributed by atoms with Crippen LogP contribution in [0.3, 0.4) is 0 Å². The van der Waals surface area contributed by atoms with Gasteiger partial charge in [0.2, 0.25) is 11.8 Å². The first-order chi connectivity index (χ1) is 15.6. The predicted octanol–water partition coefficient (Wildman–Crippen LogP) is 0.0760. The highest BCUT2D eigenvalue weighted by Crippen LogP contribution is 2.46. The second-order valence-electron chi connectivity index (χ2n) is 7.68. The lowest BCUT2D eigenvalue weighted by atomic mass is 9.89. The highest BCUT2D eigenvalue weighted by molar-refractivity contribution is 8.00. The number of benzene rings is 1. The van der Waals surface area contributed by atoms with Crippen molar-refractivity contribution in [3.8, 4) is 11.6 Å². The Morgan fingerprint density at radius 3 is 2.58 bits per heavy atom. The summed E-state index contributed by atoms with van der Waals surface area (Å²) in [6.07, 6.45) is 0. The maximum Gasteiger partial charge on any atom is 0.314 e. The van der Waals surface area contributed by atoms with E-state index in [-0.39, 0.29) is 40.8 Å². The van der Waals surface area contributed by atoms with E-state index in [1.165, 1.54) is 52.8 Å². The van der Waals surface area contributed by atoms with Crippen LogP contribution in [0.5, 0.6) is 11.6 Å². The zero-order valence-corrected chi connectivity index (χ0v) is 18.8. The average Bonchev–Trinajstić information content (AvgIpc) is 2.78. The van der Waals surface area contributed by atoms with Crippen LogP contribution in [0.2, 0.25) is 0 Å². The van der Waals surface area contributed by atoms with Crippen molar-refractivity contribution in [2.75, 3.05) is 23.0 Å². The van der Waals surface area contributed by atoms with Gasteiger partial charge in [-0.1, -0.05) is 11.8 Å². The summed E-state index contributed by atoms with van der Waals surface area (Å²) < 4.78 is 0. The molecule has 4 N–H and O–H groups in total. The Bertz CT molecular complexity index is 1170. The van der Waals surface area contributed by atoms with Gasteiger partial charge in [0.25, 0.3) is 5.88 Å². The number of anilines is 1. The smallest absolute Gasteiger partial charge is 0.314 e. The van der Waals surface area contributed by atoms with Crippen molar-refractivity contribution in [3.05, 3.63) is 34.6 Å². The number of aromatic nitrogens is 3. The highest BCUT2D eigenvalue weighted by atomic mass is 32.2. The number of phenols is 1. The van der Waals surface area contributed by atoms with E-state index in [0.29, 0.717) is 5.69 Å². The van der Waals surface area contributed by atoms with Crippen LogP contribution in [0.4, 0.5) is 5.69 Å². The fourth-order valence-corrected chi connectivity index (χ4v) is 6.43. The molecule has 0 bridgehead atoms. The molecule has 1 aromatic carbocycles. The van der Waals surface area contributed by atoms with Crippen molar-refractivity contribution < 1.29 is 29.7 Å². The molecule has 0 aliphatic carbocycles. The Balaban J connectivity index is 1.52. The fraction of sp³-hybridized carbons (Fsp3) is 0.368. The molecule has 2 saturated heterocycles. The summed E-state index contributed by atoms with van der Waals surface area (Å²) in [7, 11) is 0. The van der Waals surface area contributed by atoms with Gasteiger partial charge < -0.3 is 20.2 Å². The topological polar surface area (TPSA) is 177 Å². The second kappa shape index (κ2) is 8.59. The summed E-state index contributed by atoms with van der Waals surface area (Å²) in [5.74, 6) is -2.42. The number of thioether (sulfide) groups is 2. The van der Waals surface area contributed by atoms with Crippen LogP contribution in [0.1, 0.15) is 6.92 Å². The zero-order valence-electron chi connectivity index (χ0n) is 17.2. The molecule has 2 aromatic rings. The van der Waals surface area contributed by atoms with E-state index in [9.17, 15) is 34.5 Å². The maximum atomic E-state index is 13.0. The third-order valence-corrected chi connectivity index (χ3v) is 8.19. The third-order valence-electron chi connectivity index (χ3n) is 5.46. The van der Waals surface area contributed by atoms with Gasteiger partial charge in [0.15, 0.2) is 5.16 Å². The summed E-state index contributed by atoms with van der Waals surface area (Å²) in [4.78, 5) is 54.2. The van der Waals surface area contributed by atoms with Crippen molar-refractivity contribution in [1.29, 1.82) is 0 Å². The molecular weight excluding hydrogens is 474 g/mol. The SMILES string of the molecule is CC(=O)N(c1ccc(O)cc1)C1C(=O)N2CC(CSc3nnc(O)c(=O)[nH]3)(C(=O)O)CS[C@H]12. The minimum absolute atomic E-state index is 0.000278. The Hall–Kier alpha value is -3.26. The molecule has 0 saturated carbocycles. The number of aliphatic carboxylic acids is 1. The number of carbonyl (C=O) groups excluding carboxylic acids is 2. The van der Waals surface area contributed by atoms with Crippen molar-refractivity contribution in [2.45, 2.75) is 23.5 Å². The maximum absolute atomic E-state index is 13.0. The second-order valence-corrected chi connectivity index (χ2v) is 9.74. The Labute approximate surface area is 195 Å². The highest BCUT2D eigenvalue weighted by Gasteiger charge is 2.59. The first-order valence-electron chi connectivity index (χ1n) is 9.66. The Morgan fingerprint density at radius 1 is 1.27 bits per heavy atom. The molecule has 2 amide bonds. The van der Waals surface area contributed by atoms with Crippen LogP contribution in [0.25, 0.3) is 0 Å². The van der Waals surface area contributed by atoms with Gasteiger partial charge in [-0.15, -0.1) is 22.0 Å². The minimum atomic E-state index is -1.32. The Kier molecular flexibility index (Phi) is 5.97. The molecule has 3 heterocycles. The Morgan fingerprint density at radius 2 is 1.97 bits per heavy atom. The van der Waals surface area contributed by atoms with E-state index >= 15 is 0 Å². The van der Waals surface area contributed by atoms with Crippen molar-refractivity contribution in [3.63, 3.8) is 0 Å². The lowest BCUT2D eigenvalue weighted by molar-refractivity contribution is -0.156. The van der Waals surface area contributed by atoms with Crippen molar-refractivity contribution in [1.82, 2.24) is 20.1 Å². The van der Waals surface area contributed by atoms with Gasteiger partial charge in [0.1, 0.15) is 22.6 Å². The number of fused-ring (bicyclic) bond motifs is 1. The minimum Gasteiger partial charge on any atom is -0.508 e. The standard InChI is InChI=1S/C19H19N5O7S2/c1-9(25)24(10-2-4-11(26)5-3-10)12-15(29)23-6-19(17(30)31,7-32-16(12)23)8-33-18-20-13(27)14(28)21-22-18/h2-5,12,16,26H,6-8H2,1H3,(H,21,28)(H,30,31)(H,20,22,27)/t12?,16-,19?/m1/s1. The molecule has 3 atom stereocenters. The van der Waals surface area contributed by atoms with E-state index < -0.39 is 34.2 Å². The van der Waals surface area contributed by atoms with Crippen LogP contribution in [-0.2, 0) is 14.4 Å². The number of rotatable bonds is 6. The van der Waals surface area contributed by atoms with E-state index in [1.807, 2.05) is 0 Å². The molecule has 2 aliphatic rings. The van der Waals surface area contributed by atoms with Gasteiger partial charge in [-0.3, -0.25) is 29.1 Å². The number of carboxylic acid groups (broad SMARTS) is 1. The summed E-state index contributed by atoms with van der Waals surface area (Å²) in [5.41, 5.74) is -1.70. The molecular formula is C19H19N5O7S2. The molecule has 14 heteroatoms. The van der Waals surface area contributed by atoms with Crippen LogP contribution in [0, 0.1) is 5.41 Å². The molecule has 4 rings (SSSR count). The number of carboxylic acids is 1. The number of hydrogen-bond acceptors (Lipinski definition) is 10. The van der Waals surface area contributed by atoms with Crippen LogP contribution >= 0.6 is 23.5 Å². The lowest BCUT2D eigenvalue weighted by Gasteiger charge is -2.56. The molecule has 0 radical (unpaired) electrons. The molecule has 12 nitrogen and oxygen atoms in total. The third kappa shape index (κ3) is 4.11. The van der Waals surface area contributed by atoms with Gasteiger partial charge in [-0.05, 0) is 24.3 Å². The van der Waals surface area contributed by atoms with Crippen LogP contribution in [0.15, 0.2) is 34.2 Å². The van der Waals surface area contributed by atoms with E-state index in [1.54, 1.807) is 0 Å². The lowest BCUT2D eigenvalue weighted by Crippen LogP contribution is -2.74. The molecule has 174 valence electrons. The molecule has 2 unspecified atom stereocenters. The summed E-state index contributed by atoms with van der Waals surface area (Å²) in [5, 5.41) is 35.2. The number of H-pyrrole nitrogens is 1.